The highest BCUT2D eigenvalue weighted by molar-refractivity contribution is 5.79. The Bertz CT molecular complexity index is 513. The van der Waals surface area contributed by atoms with Gasteiger partial charge in [0.05, 0.1) is 13.2 Å². The SMILES string of the molecule is CCOCCNC(=NC)NCc1cccc(OCC)c1OC(F)F. The highest BCUT2D eigenvalue weighted by Crippen LogP contribution is 2.32. The van der Waals surface area contributed by atoms with Gasteiger partial charge in [0.1, 0.15) is 0 Å². The summed E-state index contributed by atoms with van der Waals surface area (Å²) in [6.07, 6.45) is 0. The molecular weight excluding hydrogens is 320 g/mol. The molecule has 8 heteroatoms. The Morgan fingerprint density at radius 3 is 2.62 bits per heavy atom. The van der Waals surface area contributed by atoms with Gasteiger partial charge in [0.2, 0.25) is 0 Å². The lowest BCUT2D eigenvalue weighted by Gasteiger charge is -2.17. The van der Waals surface area contributed by atoms with Crippen molar-refractivity contribution in [1.82, 2.24) is 10.6 Å². The number of rotatable bonds is 10. The van der Waals surface area contributed by atoms with Crippen LogP contribution >= 0.6 is 0 Å². The number of nitrogens with one attached hydrogen (secondary N) is 2. The van der Waals surface area contributed by atoms with E-state index in [0.29, 0.717) is 37.9 Å². The molecule has 136 valence electrons. The fourth-order valence-electron chi connectivity index (χ4n) is 1.98. The summed E-state index contributed by atoms with van der Waals surface area (Å²) in [4.78, 5) is 4.07. The first-order valence-corrected chi connectivity index (χ1v) is 7.84. The van der Waals surface area contributed by atoms with Crippen molar-refractivity contribution in [3.63, 3.8) is 0 Å². The quantitative estimate of drug-likeness (QED) is 0.387. The Labute approximate surface area is 141 Å². The van der Waals surface area contributed by atoms with Crippen LogP contribution in [0.2, 0.25) is 0 Å². The maximum absolute atomic E-state index is 12.7. The van der Waals surface area contributed by atoms with E-state index in [4.69, 9.17) is 9.47 Å². The van der Waals surface area contributed by atoms with Gasteiger partial charge in [-0.25, -0.2) is 0 Å². The van der Waals surface area contributed by atoms with Gasteiger partial charge < -0.3 is 24.8 Å². The molecule has 2 N–H and O–H groups in total. The van der Waals surface area contributed by atoms with Crippen molar-refractivity contribution < 1.29 is 23.0 Å². The van der Waals surface area contributed by atoms with E-state index in [9.17, 15) is 8.78 Å². The maximum Gasteiger partial charge on any atom is 0.387 e. The zero-order valence-corrected chi connectivity index (χ0v) is 14.3. The second-order valence-corrected chi connectivity index (χ2v) is 4.61. The van der Waals surface area contributed by atoms with Crippen LogP contribution in [0.4, 0.5) is 8.78 Å². The summed E-state index contributed by atoms with van der Waals surface area (Å²) in [5, 5.41) is 6.12. The third-order valence-corrected chi connectivity index (χ3v) is 2.98. The van der Waals surface area contributed by atoms with Crippen molar-refractivity contribution in [2.75, 3.05) is 33.4 Å². The van der Waals surface area contributed by atoms with Crippen molar-refractivity contribution in [1.29, 1.82) is 0 Å². The Morgan fingerprint density at radius 2 is 2.00 bits per heavy atom. The van der Waals surface area contributed by atoms with Gasteiger partial charge in [-0.2, -0.15) is 8.78 Å². The first-order chi connectivity index (χ1) is 11.6. The molecule has 0 heterocycles. The van der Waals surface area contributed by atoms with Crippen molar-refractivity contribution in [3.05, 3.63) is 23.8 Å². The molecule has 0 radical (unpaired) electrons. The maximum atomic E-state index is 12.7. The smallest absolute Gasteiger partial charge is 0.387 e. The van der Waals surface area contributed by atoms with Crippen LogP contribution in [-0.4, -0.2) is 46.0 Å². The van der Waals surface area contributed by atoms with E-state index in [-0.39, 0.29) is 18.0 Å². The molecule has 0 bridgehead atoms. The van der Waals surface area contributed by atoms with Crippen molar-refractivity contribution in [2.24, 2.45) is 4.99 Å². The first-order valence-electron chi connectivity index (χ1n) is 7.84. The van der Waals surface area contributed by atoms with Gasteiger partial charge in [-0.05, 0) is 19.9 Å². The monoisotopic (exact) mass is 345 g/mol. The van der Waals surface area contributed by atoms with Crippen LogP contribution in [0.3, 0.4) is 0 Å². The van der Waals surface area contributed by atoms with E-state index >= 15 is 0 Å². The van der Waals surface area contributed by atoms with Crippen molar-refractivity contribution >= 4 is 5.96 Å². The molecule has 1 rings (SSSR count). The van der Waals surface area contributed by atoms with E-state index in [2.05, 4.69) is 20.4 Å². The van der Waals surface area contributed by atoms with Crippen LogP contribution in [0.1, 0.15) is 19.4 Å². The van der Waals surface area contributed by atoms with E-state index in [1.165, 1.54) is 0 Å². The Morgan fingerprint density at radius 1 is 1.21 bits per heavy atom. The molecule has 0 spiro atoms. The van der Waals surface area contributed by atoms with Crippen LogP contribution in [-0.2, 0) is 11.3 Å². The van der Waals surface area contributed by atoms with Gasteiger partial charge in [-0.1, -0.05) is 12.1 Å². The molecule has 6 nitrogen and oxygen atoms in total. The second-order valence-electron chi connectivity index (χ2n) is 4.61. The molecule has 0 aromatic heterocycles. The third-order valence-electron chi connectivity index (χ3n) is 2.98. The van der Waals surface area contributed by atoms with Gasteiger partial charge in [0.25, 0.3) is 0 Å². The predicted octanol–water partition coefficient (Wildman–Crippen LogP) is 2.39. The average molecular weight is 345 g/mol. The topological polar surface area (TPSA) is 64.1 Å². The number of hydrogen-bond donors (Lipinski definition) is 2. The van der Waals surface area contributed by atoms with E-state index in [0.717, 1.165) is 0 Å². The average Bonchev–Trinajstić information content (AvgIpc) is 2.56. The van der Waals surface area contributed by atoms with E-state index in [1.807, 2.05) is 6.92 Å². The van der Waals surface area contributed by atoms with Gasteiger partial charge >= 0.3 is 6.61 Å². The minimum absolute atomic E-state index is 0.0339. The van der Waals surface area contributed by atoms with Gasteiger partial charge in [0, 0.05) is 32.3 Å². The summed E-state index contributed by atoms with van der Waals surface area (Å²) in [5.41, 5.74) is 0.550. The molecule has 0 amide bonds. The van der Waals surface area contributed by atoms with Crippen LogP contribution in [0.5, 0.6) is 11.5 Å². The van der Waals surface area contributed by atoms with Crippen LogP contribution in [0, 0.1) is 0 Å². The van der Waals surface area contributed by atoms with Crippen LogP contribution in [0.25, 0.3) is 0 Å². The normalized spacial score (nSPS) is 11.5. The number of guanidine groups is 1. The lowest BCUT2D eigenvalue weighted by atomic mass is 10.2. The summed E-state index contributed by atoms with van der Waals surface area (Å²) in [6.45, 7) is 3.18. The molecule has 0 unspecified atom stereocenters. The highest BCUT2D eigenvalue weighted by Gasteiger charge is 2.15. The molecule has 0 aliphatic heterocycles. The largest absolute Gasteiger partial charge is 0.490 e. The van der Waals surface area contributed by atoms with Gasteiger partial charge in [-0.15, -0.1) is 0 Å². The molecule has 1 aromatic rings. The third kappa shape index (κ3) is 6.99. The lowest BCUT2D eigenvalue weighted by Crippen LogP contribution is -2.38. The molecular formula is C16H25F2N3O3. The zero-order valence-electron chi connectivity index (χ0n) is 14.3. The second kappa shape index (κ2) is 11.4. The van der Waals surface area contributed by atoms with Crippen molar-refractivity contribution in [3.8, 4) is 11.5 Å². The molecule has 0 fully saturated rings. The number of halogens is 2. The lowest BCUT2D eigenvalue weighted by molar-refractivity contribution is -0.0520. The number of nitrogens with zero attached hydrogens (tertiary/aromatic N) is 1. The van der Waals surface area contributed by atoms with E-state index < -0.39 is 6.61 Å². The summed E-state index contributed by atoms with van der Waals surface area (Å²) in [6, 6.07) is 5.02. The van der Waals surface area contributed by atoms with Gasteiger partial charge in [0.15, 0.2) is 17.5 Å². The highest BCUT2D eigenvalue weighted by atomic mass is 19.3. The predicted molar refractivity (Wildman–Crippen MR) is 88.9 cm³/mol. The standard InChI is InChI=1S/C16H25F2N3O3/c1-4-22-10-9-20-16(19-3)21-11-12-7-6-8-13(23-5-2)14(12)24-15(17)18/h6-8,15H,4-5,9-11H2,1-3H3,(H2,19,20,21). The number of hydrogen-bond acceptors (Lipinski definition) is 4. The Kier molecular flexibility index (Phi) is 9.52. The summed E-state index contributed by atoms with van der Waals surface area (Å²) < 4.78 is 40.6. The molecule has 1 aromatic carbocycles. The zero-order chi connectivity index (χ0) is 17.8. The first kappa shape index (κ1) is 20.0. The number of alkyl halides is 2. The number of aliphatic imine (C=N–C) groups is 1. The fourth-order valence-corrected chi connectivity index (χ4v) is 1.98. The number of ether oxygens (including phenoxy) is 3. The summed E-state index contributed by atoms with van der Waals surface area (Å²) in [7, 11) is 1.63. The van der Waals surface area contributed by atoms with Crippen molar-refractivity contribution in [2.45, 2.75) is 27.0 Å². The minimum Gasteiger partial charge on any atom is -0.490 e. The van der Waals surface area contributed by atoms with E-state index in [1.54, 1.807) is 32.2 Å². The Hall–Kier alpha value is -2.09. The van der Waals surface area contributed by atoms with Crippen LogP contribution in [0.15, 0.2) is 23.2 Å². The molecule has 0 aliphatic carbocycles. The number of benzene rings is 1. The minimum atomic E-state index is -2.92. The molecule has 0 saturated heterocycles. The fraction of sp³-hybridized carbons (Fsp3) is 0.562. The van der Waals surface area contributed by atoms with Gasteiger partial charge in [-0.3, -0.25) is 4.99 Å². The summed E-state index contributed by atoms with van der Waals surface area (Å²) >= 11 is 0. The summed E-state index contributed by atoms with van der Waals surface area (Å²) in [5.74, 6) is 0.863. The molecule has 0 aliphatic rings. The molecule has 24 heavy (non-hydrogen) atoms. The number of para-hydroxylation sites is 1. The Balaban J connectivity index is 2.72. The molecule has 0 saturated carbocycles. The van der Waals surface area contributed by atoms with Crippen LogP contribution < -0.4 is 20.1 Å². The molecule has 0 atom stereocenters.